The van der Waals surface area contributed by atoms with Crippen LogP contribution in [0.3, 0.4) is 0 Å². The maximum absolute atomic E-state index is 12.0. The number of benzene rings is 1. The van der Waals surface area contributed by atoms with Gasteiger partial charge in [0, 0.05) is 12.7 Å². The lowest BCUT2D eigenvalue weighted by Gasteiger charge is -2.09. The smallest absolute Gasteiger partial charge is 0.381 e. The number of carbonyl (C=O) groups is 2. The lowest BCUT2D eigenvalue weighted by atomic mass is 10.1. The highest BCUT2D eigenvalue weighted by atomic mass is 16.5. The molecule has 0 aliphatic heterocycles. The molecule has 1 heterocycles. The first-order chi connectivity index (χ1) is 10.2. The largest absolute Gasteiger partial charge is 0.460 e. The molecule has 1 aromatic carbocycles. The van der Waals surface area contributed by atoms with E-state index in [2.05, 4.69) is 6.07 Å². The number of ketones is 1. The molecule has 5 nitrogen and oxygen atoms in total. The minimum Gasteiger partial charge on any atom is -0.460 e. The van der Waals surface area contributed by atoms with E-state index in [9.17, 15) is 9.59 Å². The van der Waals surface area contributed by atoms with E-state index < -0.39 is 11.8 Å². The molecule has 2 aromatic rings. The second-order valence-electron chi connectivity index (χ2n) is 4.34. The lowest BCUT2D eigenvalue weighted by Crippen LogP contribution is -2.21. The second kappa shape index (κ2) is 6.53. The monoisotopic (exact) mass is 282 g/mol. The molecule has 0 saturated carbocycles. The summed E-state index contributed by atoms with van der Waals surface area (Å²) in [7, 11) is 0. The molecule has 0 aliphatic rings. The van der Waals surface area contributed by atoms with Gasteiger partial charge in [-0.05, 0) is 30.7 Å². The first-order valence-electron chi connectivity index (χ1n) is 6.52. The van der Waals surface area contributed by atoms with Crippen LogP contribution in [-0.2, 0) is 16.1 Å². The SMILES string of the molecule is CCOC(=O)C(=O)c1cccn1Cc1ccccc1C#N. The number of hydrogen-bond donors (Lipinski definition) is 0. The minimum absolute atomic E-state index is 0.155. The minimum atomic E-state index is -0.869. The third-order valence-electron chi connectivity index (χ3n) is 3.00. The fraction of sp³-hybridized carbons (Fsp3) is 0.188. The maximum Gasteiger partial charge on any atom is 0.381 e. The predicted octanol–water partition coefficient (Wildman–Crippen LogP) is 2.15. The van der Waals surface area contributed by atoms with Gasteiger partial charge in [-0.15, -0.1) is 0 Å². The van der Waals surface area contributed by atoms with Crippen molar-refractivity contribution in [2.24, 2.45) is 0 Å². The van der Waals surface area contributed by atoms with Crippen LogP contribution in [0.5, 0.6) is 0 Å². The first kappa shape index (κ1) is 14.5. The summed E-state index contributed by atoms with van der Waals surface area (Å²) in [5.74, 6) is -1.55. The standard InChI is InChI=1S/C16H14N2O3/c1-2-21-16(20)15(19)14-8-5-9-18(14)11-13-7-4-3-6-12(13)10-17/h3-9H,2,11H2,1H3. The van der Waals surface area contributed by atoms with Crippen molar-refractivity contribution in [1.29, 1.82) is 5.26 Å². The van der Waals surface area contributed by atoms with Gasteiger partial charge in [-0.25, -0.2) is 4.79 Å². The molecule has 1 aromatic heterocycles. The van der Waals surface area contributed by atoms with E-state index in [1.165, 1.54) is 0 Å². The molecule has 0 aliphatic carbocycles. The van der Waals surface area contributed by atoms with Crippen molar-refractivity contribution in [2.45, 2.75) is 13.5 Å². The second-order valence-corrected chi connectivity index (χ2v) is 4.34. The number of nitriles is 1. The van der Waals surface area contributed by atoms with Gasteiger partial charge in [0.1, 0.15) is 0 Å². The summed E-state index contributed by atoms with van der Waals surface area (Å²) in [5.41, 5.74) is 1.58. The Morgan fingerprint density at radius 3 is 2.71 bits per heavy atom. The Morgan fingerprint density at radius 1 is 1.24 bits per heavy atom. The molecule has 0 atom stereocenters. The van der Waals surface area contributed by atoms with Crippen LogP contribution in [0.4, 0.5) is 0 Å². The lowest BCUT2D eigenvalue weighted by molar-refractivity contribution is -0.137. The van der Waals surface area contributed by atoms with E-state index in [1.54, 1.807) is 42.0 Å². The van der Waals surface area contributed by atoms with Gasteiger partial charge in [-0.1, -0.05) is 18.2 Å². The van der Waals surface area contributed by atoms with E-state index in [4.69, 9.17) is 10.00 Å². The topological polar surface area (TPSA) is 72.1 Å². The molecule has 0 bridgehead atoms. The van der Waals surface area contributed by atoms with Crippen molar-refractivity contribution in [2.75, 3.05) is 6.61 Å². The van der Waals surface area contributed by atoms with Gasteiger partial charge >= 0.3 is 5.97 Å². The fourth-order valence-corrected chi connectivity index (χ4v) is 2.01. The summed E-state index contributed by atoms with van der Waals surface area (Å²) in [5, 5.41) is 9.08. The number of ether oxygens (including phenoxy) is 1. The summed E-state index contributed by atoms with van der Waals surface area (Å²) in [6.07, 6.45) is 1.70. The highest BCUT2D eigenvalue weighted by Gasteiger charge is 2.21. The third-order valence-corrected chi connectivity index (χ3v) is 3.00. The zero-order chi connectivity index (χ0) is 15.2. The van der Waals surface area contributed by atoms with Crippen LogP contribution >= 0.6 is 0 Å². The zero-order valence-corrected chi connectivity index (χ0v) is 11.6. The van der Waals surface area contributed by atoms with Crippen LogP contribution < -0.4 is 0 Å². The molecular formula is C16H14N2O3. The predicted molar refractivity (Wildman–Crippen MR) is 75.7 cm³/mol. The number of Topliss-reactive ketones (excluding diaryl/α,β-unsaturated/α-hetero) is 1. The molecule has 0 unspecified atom stereocenters. The van der Waals surface area contributed by atoms with Gasteiger partial charge < -0.3 is 9.30 Å². The van der Waals surface area contributed by atoms with Crippen LogP contribution in [0.1, 0.15) is 28.5 Å². The number of aromatic nitrogens is 1. The Labute approximate surface area is 122 Å². The van der Waals surface area contributed by atoms with Crippen molar-refractivity contribution in [3.8, 4) is 6.07 Å². The van der Waals surface area contributed by atoms with Crippen molar-refractivity contribution in [3.63, 3.8) is 0 Å². The molecule has 2 rings (SSSR count). The van der Waals surface area contributed by atoms with Gasteiger partial charge in [-0.2, -0.15) is 5.26 Å². The molecule has 21 heavy (non-hydrogen) atoms. The summed E-state index contributed by atoms with van der Waals surface area (Å²) < 4.78 is 6.36. The first-order valence-corrected chi connectivity index (χ1v) is 6.52. The molecule has 0 N–H and O–H groups in total. The van der Waals surface area contributed by atoms with Crippen LogP contribution in [0, 0.1) is 11.3 Å². The fourth-order valence-electron chi connectivity index (χ4n) is 2.01. The van der Waals surface area contributed by atoms with Gasteiger partial charge in [0.2, 0.25) is 0 Å². The van der Waals surface area contributed by atoms with E-state index in [1.807, 2.05) is 12.1 Å². The summed E-state index contributed by atoms with van der Waals surface area (Å²) in [4.78, 5) is 23.5. The van der Waals surface area contributed by atoms with Gasteiger partial charge in [0.05, 0.1) is 23.9 Å². The molecule has 0 fully saturated rings. The maximum atomic E-state index is 12.0. The van der Waals surface area contributed by atoms with Crippen LogP contribution in [0.2, 0.25) is 0 Å². The summed E-state index contributed by atoms with van der Waals surface area (Å²) >= 11 is 0. The molecule has 5 heteroatoms. The Morgan fingerprint density at radius 2 is 2.00 bits per heavy atom. The van der Waals surface area contributed by atoms with Crippen LogP contribution in [0.15, 0.2) is 42.6 Å². The number of nitrogens with zero attached hydrogens (tertiary/aromatic N) is 2. The van der Waals surface area contributed by atoms with Crippen molar-refractivity contribution >= 4 is 11.8 Å². The molecular weight excluding hydrogens is 268 g/mol. The Balaban J connectivity index is 2.27. The molecule has 0 saturated heterocycles. The van der Waals surface area contributed by atoms with Gasteiger partial charge in [0.15, 0.2) is 0 Å². The van der Waals surface area contributed by atoms with Crippen LogP contribution in [-0.4, -0.2) is 22.9 Å². The van der Waals surface area contributed by atoms with E-state index in [-0.39, 0.29) is 12.3 Å². The highest BCUT2D eigenvalue weighted by molar-refractivity contribution is 6.40. The summed E-state index contributed by atoms with van der Waals surface area (Å²) in [6.45, 7) is 2.15. The summed E-state index contributed by atoms with van der Waals surface area (Å²) in [6, 6.07) is 12.5. The van der Waals surface area contributed by atoms with Crippen molar-refractivity contribution in [1.82, 2.24) is 4.57 Å². The highest BCUT2D eigenvalue weighted by Crippen LogP contribution is 2.13. The van der Waals surface area contributed by atoms with Gasteiger partial charge in [-0.3, -0.25) is 4.79 Å². The van der Waals surface area contributed by atoms with E-state index >= 15 is 0 Å². The number of rotatable bonds is 5. The Hall–Kier alpha value is -2.87. The van der Waals surface area contributed by atoms with Gasteiger partial charge in [0.25, 0.3) is 5.78 Å². The average Bonchev–Trinajstić information content (AvgIpc) is 2.95. The normalized spacial score (nSPS) is 9.90. The molecule has 106 valence electrons. The Kier molecular flexibility index (Phi) is 4.52. The third kappa shape index (κ3) is 3.18. The molecule has 0 spiro atoms. The number of hydrogen-bond acceptors (Lipinski definition) is 4. The molecule has 0 amide bonds. The number of carbonyl (C=O) groups excluding carboxylic acids is 2. The zero-order valence-electron chi connectivity index (χ0n) is 11.6. The Bertz CT molecular complexity index is 710. The quantitative estimate of drug-likeness (QED) is 0.478. The molecule has 0 radical (unpaired) electrons. The van der Waals surface area contributed by atoms with Crippen molar-refractivity contribution < 1.29 is 14.3 Å². The van der Waals surface area contributed by atoms with E-state index in [0.29, 0.717) is 12.1 Å². The van der Waals surface area contributed by atoms with E-state index in [0.717, 1.165) is 5.56 Å². The van der Waals surface area contributed by atoms with Crippen LogP contribution in [0.25, 0.3) is 0 Å². The number of esters is 1. The average molecular weight is 282 g/mol. The van der Waals surface area contributed by atoms with Crippen molar-refractivity contribution in [3.05, 3.63) is 59.4 Å².